The molecule has 5 heteroatoms. The molecule has 0 bridgehead atoms. The second-order valence-corrected chi connectivity index (χ2v) is 4.02. The summed E-state index contributed by atoms with van der Waals surface area (Å²) in [7, 11) is 1.37. The van der Waals surface area contributed by atoms with E-state index in [1.165, 1.54) is 7.11 Å². The number of hydrogen-bond donors (Lipinski definition) is 1. The van der Waals surface area contributed by atoms with Crippen molar-refractivity contribution >= 4 is 11.7 Å². The normalized spacial score (nSPS) is 10.0. The van der Waals surface area contributed by atoms with E-state index in [0.717, 1.165) is 17.2 Å². The molecule has 0 aliphatic heterocycles. The van der Waals surface area contributed by atoms with E-state index in [9.17, 15) is 4.79 Å². The third-order valence-corrected chi connectivity index (χ3v) is 2.61. The molecule has 0 amide bonds. The highest BCUT2D eigenvalue weighted by Crippen LogP contribution is 2.11. The van der Waals surface area contributed by atoms with Crippen molar-refractivity contribution in [2.75, 3.05) is 12.4 Å². The lowest BCUT2D eigenvalue weighted by atomic mass is 10.2. The minimum absolute atomic E-state index is 0.335. The van der Waals surface area contributed by atoms with E-state index in [1.54, 1.807) is 18.3 Å². The van der Waals surface area contributed by atoms with Gasteiger partial charge in [-0.05, 0) is 37.3 Å². The lowest BCUT2D eigenvalue weighted by Gasteiger charge is -2.07. The number of esters is 1. The van der Waals surface area contributed by atoms with Gasteiger partial charge in [-0.2, -0.15) is 0 Å². The maximum atomic E-state index is 11.3. The number of hydrogen-bond acceptors (Lipinski definition) is 5. The Bertz CT molecular complexity index is 567. The molecule has 0 aliphatic carbocycles. The molecule has 0 aliphatic rings. The summed E-state index contributed by atoms with van der Waals surface area (Å²) in [5.41, 5.74) is 2.37. The van der Waals surface area contributed by atoms with E-state index < -0.39 is 0 Å². The summed E-state index contributed by atoms with van der Waals surface area (Å²) in [6.45, 7) is 2.47. The van der Waals surface area contributed by atoms with E-state index in [0.29, 0.717) is 12.1 Å². The zero-order valence-corrected chi connectivity index (χ0v) is 10.9. The van der Waals surface area contributed by atoms with Crippen molar-refractivity contribution < 1.29 is 9.53 Å². The van der Waals surface area contributed by atoms with Gasteiger partial charge >= 0.3 is 5.97 Å². The van der Waals surface area contributed by atoms with Gasteiger partial charge in [0.15, 0.2) is 0 Å². The Kier molecular flexibility index (Phi) is 4.07. The smallest absolute Gasteiger partial charge is 0.337 e. The number of aromatic nitrogens is 2. The lowest BCUT2D eigenvalue weighted by molar-refractivity contribution is 0.0601. The zero-order chi connectivity index (χ0) is 13.7. The number of anilines is 1. The quantitative estimate of drug-likeness (QED) is 0.850. The second-order valence-electron chi connectivity index (χ2n) is 4.02. The van der Waals surface area contributed by atoms with Crippen LogP contribution in [0.1, 0.15) is 21.9 Å². The van der Waals surface area contributed by atoms with Crippen LogP contribution in [0.4, 0.5) is 5.69 Å². The highest BCUT2D eigenvalue weighted by atomic mass is 16.5. The summed E-state index contributed by atoms with van der Waals surface area (Å²) in [5.74, 6) is 0.415. The number of carbonyl (C=O) groups is 1. The van der Waals surface area contributed by atoms with Crippen LogP contribution in [-0.2, 0) is 11.3 Å². The van der Waals surface area contributed by atoms with E-state index in [2.05, 4.69) is 20.0 Å². The molecular weight excluding hydrogens is 242 g/mol. The Morgan fingerprint density at radius 1 is 1.26 bits per heavy atom. The monoisotopic (exact) mass is 257 g/mol. The molecule has 0 fully saturated rings. The SMILES string of the molecule is COC(=O)c1ccc(NCc2ccnc(C)n2)cc1. The predicted molar refractivity (Wildman–Crippen MR) is 71.9 cm³/mol. The molecule has 1 aromatic heterocycles. The van der Waals surface area contributed by atoms with Gasteiger partial charge in [0.2, 0.25) is 0 Å². The van der Waals surface area contributed by atoms with Crippen LogP contribution in [0.15, 0.2) is 36.5 Å². The Morgan fingerprint density at radius 3 is 2.63 bits per heavy atom. The average molecular weight is 257 g/mol. The van der Waals surface area contributed by atoms with Gasteiger partial charge in [0.05, 0.1) is 24.9 Å². The van der Waals surface area contributed by atoms with Crippen LogP contribution in [0.5, 0.6) is 0 Å². The molecule has 19 heavy (non-hydrogen) atoms. The first-order valence-corrected chi connectivity index (χ1v) is 5.90. The van der Waals surface area contributed by atoms with Gasteiger partial charge in [-0.15, -0.1) is 0 Å². The first kappa shape index (κ1) is 13.0. The van der Waals surface area contributed by atoms with E-state index in [-0.39, 0.29) is 5.97 Å². The zero-order valence-electron chi connectivity index (χ0n) is 10.9. The molecule has 1 N–H and O–H groups in total. The first-order chi connectivity index (χ1) is 9.19. The largest absolute Gasteiger partial charge is 0.465 e. The van der Waals surface area contributed by atoms with Gasteiger partial charge in [0.1, 0.15) is 5.82 Å². The van der Waals surface area contributed by atoms with Gasteiger partial charge < -0.3 is 10.1 Å². The van der Waals surface area contributed by atoms with Crippen molar-refractivity contribution in [1.82, 2.24) is 9.97 Å². The molecule has 0 unspecified atom stereocenters. The fourth-order valence-electron chi connectivity index (χ4n) is 1.64. The number of rotatable bonds is 4. The third-order valence-electron chi connectivity index (χ3n) is 2.61. The van der Waals surface area contributed by atoms with Crippen LogP contribution in [-0.4, -0.2) is 23.0 Å². The summed E-state index contributed by atoms with van der Waals surface area (Å²) >= 11 is 0. The molecule has 2 aromatic rings. The summed E-state index contributed by atoms with van der Waals surface area (Å²) in [6.07, 6.45) is 1.74. The summed E-state index contributed by atoms with van der Waals surface area (Å²) in [6, 6.07) is 8.97. The van der Waals surface area contributed by atoms with Crippen molar-refractivity contribution in [1.29, 1.82) is 0 Å². The Balaban J connectivity index is 1.98. The maximum absolute atomic E-state index is 11.3. The molecule has 0 saturated carbocycles. The van der Waals surface area contributed by atoms with E-state index in [4.69, 9.17) is 0 Å². The van der Waals surface area contributed by atoms with Crippen LogP contribution in [0.2, 0.25) is 0 Å². The van der Waals surface area contributed by atoms with Gasteiger partial charge in [-0.3, -0.25) is 0 Å². The Labute approximate surface area is 111 Å². The summed E-state index contributed by atoms with van der Waals surface area (Å²) in [5, 5.41) is 3.23. The number of methoxy groups -OCH3 is 1. The third kappa shape index (κ3) is 3.51. The topological polar surface area (TPSA) is 64.1 Å². The number of nitrogens with zero attached hydrogens (tertiary/aromatic N) is 2. The van der Waals surface area contributed by atoms with Crippen molar-refractivity contribution in [2.45, 2.75) is 13.5 Å². The molecular formula is C14H15N3O2. The number of carbonyl (C=O) groups excluding carboxylic acids is 1. The van der Waals surface area contributed by atoms with E-state index in [1.807, 2.05) is 25.1 Å². The van der Waals surface area contributed by atoms with Gasteiger partial charge in [0.25, 0.3) is 0 Å². The summed E-state index contributed by atoms with van der Waals surface area (Å²) < 4.78 is 4.64. The molecule has 2 rings (SSSR count). The van der Waals surface area contributed by atoms with Crippen molar-refractivity contribution in [3.63, 3.8) is 0 Å². The maximum Gasteiger partial charge on any atom is 0.337 e. The van der Waals surface area contributed by atoms with Crippen molar-refractivity contribution in [2.24, 2.45) is 0 Å². The minimum Gasteiger partial charge on any atom is -0.465 e. The minimum atomic E-state index is -0.335. The molecule has 1 heterocycles. The molecule has 0 atom stereocenters. The van der Waals surface area contributed by atoms with Crippen molar-refractivity contribution in [3.8, 4) is 0 Å². The standard InChI is InChI=1S/C14H15N3O2/c1-10-15-8-7-13(17-10)9-16-12-5-3-11(4-6-12)14(18)19-2/h3-8,16H,9H2,1-2H3. The van der Waals surface area contributed by atoms with Crippen LogP contribution in [0.25, 0.3) is 0 Å². The van der Waals surface area contributed by atoms with Gasteiger partial charge in [0, 0.05) is 11.9 Å². The second kappa shape index (κ2) is 5.95. The highest BCUT2D eigenvalue weighted by molar-refractivity contribution is 5.89. The van der Waals surface area contributed by atoms with Crippen LogP contribution in [0.3, 0.4) is 0 Å². The van der Waals surface area contributed by atoms with Gasteiger partial charge in [-0.25, -0.2) is 14.8 Å². The fraction of sp³-hybridized carbons (Fsp3) is 0.214. The highest BCUT2D eigenvalue weighted by Gasteiger charge is 2.04. The Morgan fingerprint density at radius 2 is 2.00 bits per heavy atom. The van der Waals surface area contributed by atoms with Crippen LogP contribution in [0, 0.1) is 6.92 Å². The number of nitrogens with one attached hydrogen (secondary N) is 1. The Hall–Kier alpha value is -2.43. The number of aryl methyl sites for hydroxylation is 1. The van der Waals surface area contributed by atoms with E-state index >= 15 is 0 Å². The van der Waals surface area contributed by atoms with Crippen LogP contribution < -0.4 is 5.32 Å². The predicted octanol–water partition coefficient (Wildman–Crippen LogP) is 2.18. The average Bonchev–Trinajstić information content (AvgIpc) is 2.45. The van der Waals surface area contributed by atoms with Gasteiger partial charge in [-0.1, -0.05) is 0 Å². The van der Waals surface area contributed by atoms with Crippen molar-refractivity contribution in [3.05, 3.63) is 53.6 Å². The molecule has 0 radical (unpaired) electrons. The first-order valence-electron chi connectivity index (χ1n) is 5.90. The molecule has 1 aromatic carbocycles. The number of ether oxygens (including phenoxy) is 1. The fourth-order valence-corrected chi connectivity index (χ4v) is 1.64. The molecule has 5 nitrogen and oxygen atoms in total. The lowest BCUT2D eigenvalue weighted by Crippen LogP contribution is -2.04. The van der Waals surface area contributed by atoms with Crippen LogP contribution >= 0.6 is 0 Å². The molecule has 98 valence electrons. The molecule has 0 saturated heterocycles. The molecule has 0 spiro atoms. The summed E-state index contributed by atoms with van der Waals surface area (Å²) in [4.78, 5) is 19.6. The number of benzene rings is 1.